The Morgan fingerprint density at radius 1 is 0.907 bits per heavy atom. The van der Waals surface area contributed by atoms with Crippen LogP contribution in [0.25, 0.3) is 0 Å². The molecule has 0 saturated carbocycles. The third kappa shape index (κ3) is 9.35. The van der Waals surface area contributed by atoms with Crippen molar-refractivity contribution in [1.82, 2.24) is 9.97 Å². The van der Waals surface area contributed by atoms with Gasteiger partial charge in [0.05, 0.1) is 22.2 Å². The summed E-state index contributed by atoms with van der Waals surface area (Å²) in [6.45, 7) is 12.5. The fraction of sp³-hybridized carbons (Fsp3) is 0.417. The summed E-state index contributed by atoms with van der Waals surface area (Å²) in [6.07, 6.45) is 3.59. The number of hydrogen-bond donors (Lipinski definition) is 2. The molecule has 0 bridgehead atoms. The maximum Gasteiger partial charge on any atom is 0.247 e. The van der Waals surface area contributed by atoms with Crippen LogP contribution in [0, 0.1) is 17.1 Å². The van der Waals surface area contributed by atoms with Gasteiger partial charge in [0.15, 0.2) is 29.9 Å². The standard InChI is InChI=1S/C18H21ClN2O4S2.C18H20FN3O3S2/c1-18(2,27(23,24)14-5-3-13(19)4-6-14)16(22)21-17-20-11-15(26-17)12-7-9-25-10-8-12;1-17(2,3)14-10-26-16(21-14)22-15(23)18(4,5)27(24,25)13-7-6-11(9-20)8-12(13)19/h3-6,11-12H,7-10H2,1-2H3,(H,20,21,22);6-8,10H,1-5H3,(H,21,22,23). The van der Waals surface area contributed by atoms with Crippen molar-refractivity contribution in [3.05, 3.63) is 81.0 Å². The average Bonchev–Trinajstić information content (AvgIpc) is 3.79. The molecule has 0 atom stereocenters. The summed E-state index contributed by atoms with van der Waals surface area (Å²) in [5.74, 6) is -2.14. The Kier molecular flexibility index (Phi) is 13.1. The first-order valence-corrected chi connectivity index (χ1v) is 21.6. The van der Waals surface area contributed by atoms with E-state index in [0.717, 1.165) is 48.8 Å². The van der Waals surface area contributed by atoms with Crippen molar-refractivity contribution >= 4 is 76.0 Å². The monoisotopic (exact) mass is 837 g/mol. The smallest absolute Gasteiger partial charge is 0.247 e. The summed E-state index contributed by atoms with van der Waals surface area (Å²) in [7, 11) is -8.25. The predicted octanol–water partition coefficient (Wildman–Crippen LogP) is 7.52. The minimum atomic E-state index is -4.35. The molecule has 1 saturated heterocycles. The van der Waals surface area contributed by atoms with E-state index in [1.165, 1.54) is 80.7 Å². The molecule has 2 aromatic heterocycles. The van der Waals surface area contributed by atoms with Gasteiger partial charge in [0.1, 0.15) is 20.2 Å². The highest BCUT2D eigenvalue weighted by molar-refractivity contribution is 7.94. The van der Waals surface area contributed by atoms with Crippen molar-refractivity contribution in [3.63, 3.8) is 0 Å². The number of nitriles is 1. The lowest BCUT2D eigenvalue weighted by Gasteiger charge is -2.23. The SMILES string of the molecule is CC(C)(C(=O)Nc1ncc(C2CCOCC2)s1)S(=O)(=O)c1ccc(Cl)cc1.CC(C)(C)c1csc(NC(=O)C(C)(C)S(=O)(=O)c2ccc(C#N)cc2F)n1. The minimum absolute atomic E-state index is 0.00815. The molecule has 12 nitrogen and oxygen atoms in total. The highest BCUT2D eigenvalue weighted by Gasteiger charge is 2.45. The molecule has 1 aliphatic heterocycles. The summed E-state index contributed by atoms with van der Waals surface area (Å²) in [4.78, 5) is 34.4. The first-order valence-electron chi connectivity index (χ1n) is 16.6. The van der Waals surface area contributed by atoms with Gasteiger partial charge >= 0.3 is 0 Å². The fourth-order valence-electron chi connectivity index (χ4n) is 4.90. The number of rotatable bonds is 9. The molecule has 18 heteroatoms. The van der Waals surface area contributed by atoms with Crippen molar-refractivity contribution in [2.45, 2.75) is 91.9 Å². The summed E-state index contributed by atoms with van der Waals surface area (Å²) in [5, 5.41) is 16.9. The lowest BCUT2D eigenvalue weighted by atomic mass is 9.93. The Balaban J connectivity index is 0.000000241. The number of ether oxygens (including phenoxy) is 1. The van der Waals surface area contributed by atoms with E-state index in [-0.39, 0.29) is 21.0 Å². The van der Waals surface area contributed by atoms with E-state index in [2.05, 4.69) is 20.6 Å². The third-order valence-corrected chi connectivity index (χ3v) is 15.7. The number of nitrogens with one attached hydrogen (secondary N) is 2. The molecule has 2 aromatic carbocycles. The van der Waals surface area contributed by atoms with E-state index in [9.17, 15) is 30.8 Å². The maximum absolute atomic E-state index is 14.2. The second-order valence-electron chi connectivity index (χ2n) is 14.4. The Morgan fingerprint density at radius 3 is 2.02 bits per heavy atom. The molecular formula is C36H41ClFN5O7S4. The van der Waals surface area contributed by atoms with Crippen LogP contribution in [0.4, 0.5) is 14.7 Å². The number of anilines is 2. The number of carbonyl (C=O) groups is 2. The fourth-order valence-corrected chi connectivity index (χ4v) is 9.73. The first kappa shape index (κ1) is 42.9. The van der Waals surface area contributed by atoms with Gasteiger partial charge in [-0.25, -0.2) is 31.2 Å². The van der Waals surface area contributed by atoms with Gasteiger partial charge < -0.3 is 15.4 Å². The molecule has 54 heavy (non-hydrogen) atoms. The zero-order valence-electron chi connectivity index (χ0n) is 30.7. The molecule has 2 amide bonds. The van der Waals surface area contributed by atoms with Crippen molar-refractivity contribution < 1.29 is 35.6 Å². The summed E-state index contributed by atoms with van der Waals surface area (Å²) in [5.41, 5.74) is 0.542. The van der Waals surface area contributed by atoms with Crippen molar-refractivity contribution in [2.75, 3.05) is 23.8 Å². The maximum atomic E-state index is 14.2. The lowest BCUT2D eigenvalue weighted by Crippen LogP contribution is -2.44. The van der Waals surface area contributed by atoms with Gasteiger partial charge in [-0.2, -0.15) is 5.26 Å². The normalized spacial score (nSPS) is 14.4. The number of thiazole rings is 2. The van der Waals surface area contributed by atoms with Gasteiger partial charge in [0.25, 0.3) is 0 Å². The van der Waals surface area contributed by atoms with Crippen molar-refractivity contribution in [2.24, 2.45) is 0 Å². The molecule has 5 rings (SSSR count). The number of hydrogen-bond acceptors (Lipinski definition) is 12. The van der Waals surface area contributed by atoms with E-state index < -0.39 is 51.7 Å². The minimum Gasteiger partial charge on any atom is -0.381 e. The summed E-state index contributed by atoms with van der Waals surface area (Å²) >= 11 is 8.39. The summed E-state index contributed by atoms with van der Waals surface area (Å²) in [6, 6.07) is 10.5. The van der Waals surface area contributed by atoms with Gasteiger partial charge in [-0.05, 0) is 88.9 Å². The van der Waals surface area contributed by atoms with E-state index in [1.54, 1.807) is 17.6 Å². The molecule has 0 radical (unpaired) electrons. The number of carbonyl (C=O) groups excluding carboxylic acids is 2. The van der Waals surface area contributed by atoms with E-state index in [1.807, 2.05) is 20.8 Å². The number of benzene rings is 2. The predicted molar refractivity (Wildman–Crippen MR) is 208 cm³/mol. The topological polar surface area (TPSA) is 185 Å². The van der Waals surface area contributed by atoms with Crippen LogP contribution in [0.1, 0.15) is 83.4 Å². The number of aromatic nitrogens is 2. The van der Waals surface area contributed by atoms with Crippen LogP contribution in [0.5, 0.6) is 0 Å². The van der Waals surface area contributed by atoms with E-state index in [4.69, 9.17) is 21.6 Å². The van der Waals surface area contributed by atoms with Gasteiger partial charge in [-0.3, -0.25) is 9.59 Å². The van der Waals surface area contributed by atoms with Gasteiger partial charge in [-0.15, -0.1) is 22.7 Å². The highest BCUT2D eigenvalue weighted by Crippen LogP contribution is 2.35. The Labute approximate surface area is 328 Å². The average molecular weight is 838 g/mol. The zero-order valence-corrected chi connectivity index (χ0v) is 34.7. The number of amides is 2. The Hall–Kier alpha value is -3.79. The van der Waals surface area contributed by atoms with Gasteiger partial charge in [0.2, 0.25) is 11.8 Å². The number of nitrogens with zero attached hydrogens (tertiary/aromatic N) is 3. The first-order chi connectivity index (χ1) is 25.0. The second-order valence-corrected chi connectivity index (χ2v) is 21.7. The van der Waals surface area contributed by atoms with Gasteiger partial charge in [-0.1, -0.05) is 32.4 Å². The summed E-state index contributed by atoms with van der Waals surface area (Å²) < 4.78 is 67.5. The van der Waals surface area contributed by atoms with Gasteiger partial charge in [0, 0.05) is 40.1 Å². The Morgan fingerprint density at radius 2 is 1.48 bits per heavy atom. The second kappa shape index (κ2) is 16.5. The quantitative estimate of drug-likeness (QED) is 0.171. The van der Waals surface area contributed by atoms with Crippen LogP contribution in [0.2, 0.25) is 5.02 Å². The Bertz CT molecular complexity index is 2270. The molecule has 290 valence electrons. The van der Waals surface area contributed by atoms with Crippen molar-refractivity contribution in [3.8, 4) is 6.07 Å². The largest absolute Gasteiger partial charge is 0.381 e. The van der Waals surface area contributed by atoms with E-state index >= 15 is 0 Å². The molecule has 4 aromatic rings. The molecule has 0 unspecified atom stereocenters. The highest BCUT2D eigenvalue weighted by atomic mass is 35.5. The van der Waals surface area contributed by atoms with Crippen LogP contribution in [0.15, 0.2) is 63.8 Å². The molecule has 2 N–H and O–H groups in total. The zero-order chi connectivity index (χ0) is 40.3. The number of sulfone groups is 2. The van der Waals surface area contributed by atoms with Crippen LogP contribution in [0.3, 0.4) is 0 Å². The molecule has 3 heterocycles. The molecular weight excluding hydrogens is 797 g/mol. The van der Waals surface area contributed by atoms with Crippen LogP contribution in [-0.4, -0.2) is 61.3 Å². The molecule has 0 aliphatic carbocycles. The van der Waals surface area contributed by atoms with Crippen LogP contribution in [-0.2, 0) is 39.4 Å². The van der Waals surface area contributed by atoms with Crippen LogP contribution >= 0.6 is 34.3 Å². The molecule has 1 fully saturated rings. The van der Waals surface area contributed by atoms with Crippen LogP contribution < -0.4 is 10.6 Å². The molecule has 0 spiro atoms. The van der Waals surface area contributed by atoms with Crippen molar-refractivity contribution in [1.29, 1.82) is 5.26 Å². The third-order valence-electron chi connectivity index (χ3n) is 8.77. The lowest BCUT2D eigenvalue weighted by molar-refractivity contribution is -0.118. The molecule has 1 aliphatic rings. The van der Waals surface area contributed by atoms with E-state index in [0.29, 0.717) is 16.1 Å². The number of halogens is 2.